The molecule has 12 heteroatoms. The number of hydrogen-bond donors (Lipinski definition) is 3. The van der Waals surface area contributed by atoms with E-state index in [1.54, 1.807) is 40.9 Å². The van der Waals surface area contributed by atoms with Crippen LogP contribution in [0.15, 0.2) is 47.6 Å². The van der Waals surface area contributed by atoms with Crippen LogP contribution in [-0.2, 0) is 38.2 Å². The van der Waals surface area contributed by atoms with Crippen LogP contribution in [-0.4, -0.2) is 107 Å². The summed E-state index contributed by atoms with van der Waals surface area (Å²) in [7, 11) is 1.60. The van der Waals surface area contributed by atoms with Gasteiger partial charge in [-0.15, -0.1) is 0 Å². The Morgan fingerprint density at radius 3 is 2.31 bits per heavy atom. The van der Waals surface area contributed by atoms with E-state index in [1.807, 2.05) is 58.1 Å². The number of hydrogen-bond acceptors (Lipinski definition) is 11. The molecule has 3 fully saturated rings. The first-order valence-electron chi connectivity index (χ1n) is 24.9. The minimum Gasteiger partial charge on any atom is -0.460 e. The van der Waals surface area contributed by atoms with Gasteiger partial charge < -0.3 is 34.6 Å². The largest absolute Gasteiger partial charge is 0.460 e. The summed E-state index contributed by atoms with van der Waals surface area (Å²) in [4.78, 5) is 71.9. The molecule has 0 aromatic rings. The maximum atomic E-state index is 14.4. The third-order valence-electron chi connectivity index (χ3n) is 15.2. The van der Waals surface area contributed by atoms with Gasteiger partial charge in [0.15, 0.2) is 0 Å². The maximum Gasteiger partial charge on any atom is 0.329 e. The highest BCUT2D eigenvalue weighted by Gasteiger charge is 2.53. The smallest absolute Gasteiger partial charge is 0.329 e. The molecule has 0 aromatic carbocycles. The Morgan fingerprint density at radius 2 is 1.63 bits per heavy atom. The molecule has 0 aromatic heterocycles. The molecule has 65 heavy (non-hydrogen) atoms. The lowest BCUT2D eigenvalue weighted by molar-refractivity contribution is -0.265. The predicted molar refractivity (Wildman–Crippen MR) is 253 cm³/mol. The van der Waals surface area contributed by atoms with Crippen molar-refractivity contribution >= 4 is 29.2 Å². The molecule has 0 spiro atoms. The predicted octanol–water partition coefficient (Wildman–Crippen LogP) is 8.04. The summed E-state index contributed by atoms with van der Waals surface area (Å²) in [6, 6.07) is -0.633. The Balaban J connectivity index is 1.68. The third-order valence-corrected chi connectivity index (χ3v) is 15.2. The van der Waals surface area contributed by atoms with Crippen LogP contribution in [0, 0.1) is 47.3 Å². The summed E-state index contributed by atoms with van der Waals surface area (Å²) in [5.74, 6) is -6.97. The maximum absolute atomic E-state index is 14.4. The Labute approximate surface area is 390 Å². The number of amides is 1. The topological polar surface area (TPSA) is 169 Å². The average Bonchev–Trinajstić information content (AvgIpc) is 3.27. The highest BCUT2D eigenvalue weighted by atomic mass is 16.6. The van der Waals surface area contributed by atoms with E-state index in [2.05, 4.69) is 19.2 Å². The molecule has 1 aliphatic carbocycles. The normalized spacial score (nSPS) is 40.4. The number of carbonyl (C=O) groups excluding carboxylic acids is 5. The number of methoxy groups -OCH3 is 1. The minimum absolute atomic E-state index is 0.0467. The standard InChI is InChI=1S/C53H84N2O10/c1-12-54-43-24-22-41(28-34(43)4)29-36(6)47-31-45(56)35(5)27-38(8)49(58)40(10)48(57)37(7)26-32(2)18-14-13-15-19-33(3)46(63-11)30-42-23-21-39(9)53(62,65-42)50(59)51(60)55-25-17-16-20-44(55)52(61)64-47/h13-15,18-19,27,32,34-37,39-44,46-47,49,54,58,62H,12,16-17,20-26,28-31H2,1-11H3/b15-13+,18-14+,33-19+,38-27+/t32-,34-,35-,36-,37-,39-,40+,41-,42+,43-,44?,46+,47+,49-,53-/m1/s1. The van der Waals surface area contributed by atoms with Crippen LogP contribution in [0.5, 0.6) is 0 Å². The first-order chi connectivity index (χ1) is 30.7. The van der Waals surface area contributed by atoms with Gasteiger partial charge in [-0.1, -0.05) is 91.8 Å². The summed E-state index contributed by atoms with van der Waals surface area (Å²) >= 11 is 0. The average molecular weight is 909 g/mol. The monoisotopic (exact) mass is 909 g/mol. The van der Waals surface area contributed by atoms with E-state index in [9.17, 15) is 34.2 Å². The Kier molecular flexibility index (Phi) is 21.0. The van der Waals surface area contributed by atoms with Crippen LogP contribution < -0.4 is 5.32 Å². The summed E-state index contributed by atoms with van der Waals surface area (Å²) < 4.78 is 18.4. The van der Waals surface area contributed by atoms with Crippen molar-refractivity contribution in [2.75, 3.05) is 20.2 Å². The molecule has 2 saturated heterocycles. The Hall–Kier alpha value is -3.29. The second-order valence-electron chi connectivity index (χ2n) is 20.5. The van der Waals surface area contributed by atoms with E-state index in [-0.39, 0.29) is 48.7 Å². The van der Waals surface area contributed by atoms with E-state index in [0.717, 1.165) is 37.8 Å². The molecule has 3 heterocycles. The van der Waals surface area contributed by atoms with E-state index in [1.165, 1.54) is 4.90 Å². The van der Waals surface area contributed by atoms with Crippen LogP contribution in [0.4, 0.5) is 0 Å². The highest BCUT2D eigenvalue weighted by Crippen LogP contribution is 2.38. The molecule has 3 aliphatic heterocycles. The summed E-state index contributed by atoms with van der Waals surface area (Å²) in [6.07, 6.45) is 15.7. The van der Waals surface area contributed by atoms with Crippen molar-refractivity contribution in [1.82, 2.24) is 10.2 Å². The fourth-order valence-electron chi connectivity index (χ4n) is 10.8. The number of allylic oxidation sites excluding steroid dienone is 6. The second kappa shape index (κ2) is 25.2. The molecule has 1 saturated carbocycles. The molecule has 12 nitrogen and oxygen atoms in total. The van der Waals surface area contributed by atoms with Crippen LogP contribution in [0.2, 0.25) is 0 Å². The van der Waals surface area contributed by atoms with Gasteiger partial charge in [0.05, 0.1) is 18.3 Å². The first kappa shape index (κ1) is 54.3. The van der Waals surface area contributed by atoms with Gasteiger partial charge in [0.1, 0.15) is 23.7 Å². The SMILES string of the molecule is CCN[C@@H]1CC[C@@H](C[C@@H](C)[C@@H]2CC(=O)[C@H](C)/C=C(\C)[C@@H](O)[C@@H](C)C(=O)[C@H](C)C[C@H](C)/C=C/C=C/C=C(\C)[C@@H](OC)C[C@@H]3CC[C@@H](C)[C@@](O)(O3)C(=O)C(=O)N3CCCCC3C(=O)O2)C[C@H]1C. The summed E-state index contributed by atoms with van der Waals surface area (Å²) in [5.41, 5.74) is 1.43. The quantitative estimate of drug-likeness (QED) is 0.134. The molecule has 4 rings (SSSR count). The van der Waals surface area contributed by atoms with Gasteiger partial charge in [-0.25, -0.2) is 4.79 Å². The number of fused-ring (bicyclic) bond motifs is 3. The van der Waals surface area contributed by atoms with Crippen LogP contribution in [0.25, 0.3) is 0 Å². The molecular formula is C53H84N2O10. The number of ether oxygens (including phenoxy) is 3. The van der Waals surface area contributed by atoms with Crippen molar-refractivity contribution in [3.8, 4) is 0 Å². The molecule has 2 bridgehead atoms. The second-order valence-corrected chi connectivity index (χ2v) is 20.5. The molecule has 3 N–H and O–H groups in total. The molecule has 1 unspecified atom stereocenters. The van der Waals surface area contributed by atoms with Crippen molar-refractivity contribution < 1.29 is 48.4 Å². The van der Waals surface area contributed by atoms with Crippen molar-refractivity contribution in [2.45, 2.75) is 189 Å². The number of piperidine rings is 1. The van der Waals surface area contributed by atoms with Gasteiger partial charge in [0, 0.05) is 56.2 Å². The van der Waals surface area contributed by atoms with Crippen molar-refractivity contribution in [2.24, 2.45) is 47.3 Å². The number of esters is 1. The first-order valence-corrected chi connectivity index (χ1v) is 24.9. The fraction of sp³-hybridized carbons (Fsp3) is 0.755. The zero-order chi connectivity index (χ0) is 48.2. The van der Waals surface area contributed by atoms with E-state index in [4.69, 9.17) is 14.2 Å². The number of nitrogens with one attached hydrogen (secondary N) is 1. The number of rotatable bonds is 6. The number of ketones is 3. The Bertz CT molecular complexity index is 1750. The van der Waals surface area contributed by atoms with Gasteiger partial charge >= 0.3 is 5.97 Å². The molecule has 1 amide bonds. The fourth-order valence-corrected chi connectivity index (χ4v) is 10.8. The van der Waals surface area contributed by atoms with E-state index >= 15 is 0 Å². The third kappa shape index (κ3) is 14.6. The number of aliphatic hydroxyl groups excluding tert-OH is 1. The van der Waals surface area contributed by atoms with Gasteiger partial charge in [0.2, 0.25) is 5.79 Å². The van der Waals surface area contributed by atoms with Gasteiger partial charge in [-0.2, -0.15) is 0 Å². The molecule has 0 radical (unpaired) electrons. The lowest BCUT2D eigenvalue weighted by Gasteiger charge is -2.42. The zero-order valence-electron chi connectivity index (χ0n) is 41.6. The lowest BCUT2D eigenvalue weighted by atomic mass is 9.74. The van der Waals surface area contributed by atoms with Crippen LogP contribution in [0.3, 0.4) is 0 Å². The van der Waals surface area contributed by atoms with Crippen molar-refractivity contribution in [1.29, 1.82) is 0 Å². The zero-order valence-corrected chi connectivity index (χ0v) is 41.6. The summed E-state index contributed by atoms with van der Waals surface area (Å²) in [6.45, 7) is 20.2. The number of carbonyl (C=O) groups is 5. The number of aliphatic hydroxyl groups is 2. The molecule has 4 aliphatic rings. The molecule has 15 atom stereocenters. The van der Waals surface area contributed by atoms with Crippen LogP contribution in [0.1, 0.15) is 146 Å². The molecule has 366 valence electrons. The highest BCUT2D eigenvalue weighted by molar-refractivity contribution is 6.39. The Morgan fingerprint density at radius 1 is 0.908 bits per heavy atom. The number of nitrogens with zero attached hydrogens (tertiary/aromatic N) is 1. The van der Waals surface area contributed by atoms with E-state index < -0.39 is 71.7 Å². The van der Waals surface area contributed by atoms with Crippen LogP contribution >= 0.6 is 0 Å². The molecular weight excluding hydrogens is 825 g/mol. The lowest BCUT2D eigenvalue weighted by Crippen LogP contribution is -2.61. The van der Waals surface area contributed by atoms with Crippen molar-refractivity contribution in [3.63, 3.8) is 0 Å². The minimum atomic E-state index is -2.40. The van der Waals surface area contributed by atoms with Crippen molar-refractivity contribution in [3.05, 3.63) is 47.6 Å². The van der Waals surface area contributed by atoms with Gasteiger partial charge in [0.25, 0.3) is 11.7 Å². The number of Topliss-reactive ketones (excluding diaryl/α,β-unsaturated/α-hetero) is 3. The summed E-state index contributed by atoms with van der Waals surface area (Å²) in [5, 5.41) is 27.0. The van der Waals surface area contributed by atoms with Gasteiger partial charge in [-0.3, -0.25) is 19.2 Å². The van der Waals surface area contributed by atoms with E-state index in [0.29, 0.717) is 62.0 Å². The number of cyclic esters (lactones) is 1. The van der Waals surface area contributed by atoms with Gasteiger partial charge in [-0.05, 0) is 119 Å².